The minimum Gasteiger partial charge on any atom is -0.482 e. The molecule has 0 amide bonds. The van der Waals surface area contributed by atoms with Crippen molar-refractivity contribution in [3.05, 3.63) is 36.0 Å². The highest BCUT2D eigenvalue weighted by Crippen LogP contribution is 2.49. The van der Waals surface area contributed by atoms with Crippen LogP contribution in [0.15, 0.2) is 30.5 Å². The Morgan fingerprint density at radius 3 is 2.64 bits per heavy atom. The van der Waals surface area contributed by atoms with E-state index in [4.69, 9.17) is 4.74 Å². The van der Waals surface area contributed by atoms with Gasteiger partial charge < -0.3 is 9.64 Å². The van der Waals surface area contributed by atoms with E-state index in [0.29, 0.717) is 6.04 Å². The summed E-state index contributed by atoms with van der Waals surface area (Å²) in [5.41, 5.74) is 3.49. The standard InChI is InChI=1S/C18H23N3O/c1-13(2)21-17-14-6-4-5-7-16(14)22-18(15(17)12-19-21)8-10-20(3)11-9-18/h4-7,12-13H,8-11H2,1-3H3. The van der Waals surface area contributed by atoms with Gasteiger partial charge in [0.15, 0.2) is 0 Å². The van der Waals surface area contributed by atoms with Crippen LogP contribution in [0.25, 0.3) is 11.3 Å². The van der Waals surface area contributed by atoms with E-state index >= 15 is 0 Å². The molecule has 0 radical (unpaired) electrons. The Morgan fingerprint density at radius 2 is 1.91 bits per heavy atom. The summed E-state index contributed by atoms with van der Waals surface area (Å²) >= 11 is 0. The van der Waals surface area contributed by atoms with Gasteiger partial charge in [0.2, 0.25) is 0 Å². The Morgan fingerprint density at radius 1 is 1.18 bits per heavy atom. The van der Waals surface area contributed by atoms with E-state index in [9.17, 15) is 0 Å². The lowest BCUT2D eigenvalue weighted by atomic mass is 9.81. The van der Waals surface area contributed by atoms with Crippen molar-refractivity contribution >= 4 is 0 Å². The second-order valence-corrected chi connectivity index (χ2v) is 6.84. The summed E-state index contributed by atoms with van der Waals surface area (Å²) in [6.45, 7) is 6.50. The molecule has 1 aromatic heterocycles. The first kappa shape index (κ1) is 13.8. The zero-order chi connectivity index (χ0) is 15.3. The molecule has 1 spiro atoms. The topological polar surface area (TPSA) is 30.3 Å². The van der Waals surface area contributed by atoms with E-state index in [1.54, 1.807) is 0 Å². The molecule has 116 valence electrons. The number of piperidine rings is 1. The highest BCUT2D eigenvalue weighted by atomic mass is 16.5. The fraction of sp³-hybridized carbons (Fsp3) is 0.500. The Hall–Kier alpha value is -1.81. The van der Waals surface area contributed by atoms with Crippen molar-refractivity contribution in [3.8, 4) is 17.0 Å². The molecule has 2 aromatic rings. The molecule has 2 aliphatic heterocycles. The van der Waals surface area contributed by atoms with Crippen molar-refractivity contribution in [3.63, 3.8) is 0 Å². The fourth-order valence-corrected chi connectivity index (χ4v) is 3.72. The number of hydrogen-bond donors (Lipinski definition) is 0. The van der Waals surface area contributed by atoms with E-state index in [0.717, 1.165) is 31.7 Å². The van der Waals surface area contributed by atoms with Gasteiger partial charge in [-0.3, -0.25) is 4.68 Å². The molecular weight excluding hydrogens is 274 g/mol. The van der Waals surface area contributed by atoms with Crippen LogP contribution >= 0.6 is 0 Å². The third-order valence-electron chi connectivity index (χ3n) is 5.02. The lowest BCUT2D eigenvalue weighted by Crippen LogP contribution is -2.46. The maximum Gasteiger partial charge on any atom is 0.140 e. The number of hydrogen-bond acceptors (Lipinski definition) is 3. The van der Waals surface area contributed by atoms with Crippen LogP contribution in [0.5, 0.6) is 5.75 Å². The first-order chi connectivity index (χ1) is 10.6. The van der Waals surface area contributed by atoms with Crippen molar-refractivity contribution in [1.29, 1.82) is 0 Å². The quantitative estimate of drug-likeness (QED) is 0.807. The highest BCUT2D eigenvalue weighted by molar-refractivity contribution is 5.73. The first-order valence-electron chi connectivity index (χ1n) is 8.16. The second-order valence-electron chi connectivity index (χ2n) is 6.84. The summed E-state index contributed by atoms with van der Waals surface area (Å²) in [5, 5.41) is 4.69. The van der Waals surface area contributed by atoms with Gasteiger partial charge in [0.05, 0.1) is 11.9 Å². The minimum atomic E-state index is -0.205. The summed E-state index contributed by atoms with van der Waals surface area (Å²) in [6.07, 6.45) is 4.08. The molecule has 1 aromatic carbocycles. The van der Waals surface area contributed by atoms with Gasteiger partial charge >= 0.3 is 0 Å². The van der Waals surface area contributed by atoms with Gasteiger partial charge in [-0.15, -0.1) is 0 Å². The molecule has 0 aliphatic carbocycles. The first-order valence-corrected chi connectivity index (χ1v) is 8.16. The lowest BCUT2D eigenvalue weighted by molar-refractivity contribution is 0.00156. The lowest BCUT2D eigenvalue weighted by Gasteiger charge is -2.43. The summed E-state index contributed by atoms with van der Waals surface area (Å²) < 4.78 is 8.70. The Bertz CT molecular complexity index is 696. The maximum absolute atomic E-state index is 6.55. The van der Waals surface area contributed by atoms with Gasteiger partial charge in [0, 0.05) is 43.1 Å². The molecule has 0 bridgehead atoms. The number of aromatic nitrogens is 2. The number of likely N-dealkylation sites (tertiary alicyclic amines) is 1. The van der Waals surface area contributed by atoms with Gasteiger partial charge in [-0.25, -0.2) is 0 Å². The number of fused-ring (bicyclic) bond motifs is 4. The average molecular weight is 297 g/mol. The molecule has 4 rings (SSSR count). The minimum absolute atomic E-state index is 0.205. The zero-order valence-electron chi connectivity index (χ0n) is 13.5. The van der Waals surface area contributed by atoms with Crippen molar-refractivity contribution in [2.24, 2.45) is 0 Å². The number of ether oxygens (including phenoxy) is 1. The molecule has 0 saturated carbocycles. The molecule has 0 atom stereocenters. The molecule has 4 nitrogen and oxygen atoms in total. The monoisotopic (exact) mass is 297 g/mol. The van der Waals surface area contributed by atoms with Crippen LogP contribution in [-0.2, 0) is 5.60 Å². The van der Waals surface area contributed by atoms with E-state index in [2.05, 4.69) is 59.8 Å². The molecule has 0 N–H and O–H groups in total. The predicted octanol–water partition coefficient (Wildman–Crippen LogP) is 3.44. The predicted molar refractivity (Wildman–Crippen MR) is 87.1 cm³/mol. The van der Waals surface area contributed by atoms with Gasteiger partial charge in [0.1, 0.15) is 11.4 Å². The normalized spacial score (nSPS) is 19.8. The Kier molecular flexibility index (Phi) is 3.05. The van der Waals surface area contributed by atoms with Crippen LogP contribution in [0.3, 0.4) is 0 Å². The summed E-state index contributed by atoms with van der Waals surface area (Å²) in [6, 6.07) is 8.73. The third kappa shape index (κ3) is 1.90. The average Bonchev–Trinajstić information content (AvgIpc) is 2.97. The van der Waals surface area contributed by atoms with Crippen LogP contribution in [0.4, 0.5) is 0 Å². The van der Waals surface area contributed by atoms with Crippen LogP contribution < -0.4 is 4.74 Å². The molecule has 1 saturated heterocycles. The molecule has 3 heterocycles. The molecule has 2 aliphatic rings. The summed E-state index contributed by atoms with van der Waals surface area (Å²) in [4.78, 5) is 2.38. The van der Waals surface area contributed by atoms with Crippen LogP contribution in [-0.4, -0.2) is 34.8 Å². The summed E-state index contributed by atoms with van der Waals surface area (Å²) in [7, 11) is 2.18. The summed E-state index contributed by atoms with van der Waals surface area (Å²) in [5.74, 6) is 1.00. The molecule has 0 unspecified atom stereocenters. The zero-order valence-corrected chi connectivity index (χ0v) is 13.5. The van der Waals surface area contributed by atoms with E-state index in [-0.39, 0.29) is 5.60 Å². The fourth-order valence-electron chi connectivity index (χ4n) is 3.72. The number of rotatable bonds is 1. The number of nitrogens with zero attached hydrogens (tertiary/aromatic N) is 3. The van der Waals surface area contributed by atoms with E-state index < -0.39 is 0 Å². The van der Waals surface area contributed by atoms with E-state index in [1.807, 2.05) is 6.20 Å². The molecular formula is C18H23N3O. The largest absolute Gasteiger partial charge is 0.482 e. The van der Waals surface area contributed by atoms with E-state index in [1.165, 1.54) is 16.8 Å². The second kappa shape index (κ2) is 4.85. The van der Waals surface area contributed by atoms with Crippen molar-refractivity contribution < 1.29 is 4.74 Å². The van der Waals surface area contributed by atoms with Crippen LogP contribution in [0, 0.1) is 0 Å². The van der Waals surface area contributed by atoms with Crippen LogP contribution in [0.1, 0.15) is 38.3 Å². The molecule has 4 heteroatoms. The number of benzene rings is 1. The number of para-hydroxylation sites is 1. The third-order valence-corrected chi connectivity index (χ3v) is 5.02. The van der Waals surface area contributed by atoms with Crippen molar-refractivity contribution in [2.45, 2.75) is 38.3 Å². The van der Waals surface area contributed by atoms with Gasteiger partial charge in [-0.1, -0.05) is 12.1 Å². The maximum atomic E-state index is 6.55. The van der Waals surface area contributed by atoms with Crippen molar-refractivity contribution in [2.75, 3.05) is 20.1 Å². The Labute approximate surface area is 131 Å². The van der Waals surface area contributed by atoms with Gasteiger partial charge in [0.25, 0.3) is 0 Å². The highest BCUT2D eigenvalue weighted by Gasteiger charge is 2.45. The smallest absolute Gasteiger partial charge is 0.140 e. The van der Waals surface area contributed by atoms with Gasteiger partial charge in [-0.05, 0) is 33.0 Å². The molecule has 22 heavy (non-hydrogen) atoms. The van der Waals surface area contributed by atoms with Crippen molar-refractivity contribution in [1.82, 2.24) is 14.7 Å². The molecule has 1 fully saturated rings. The van der Waals surface area contributed by atoms with Gasteiger partial charge in [-0.2, -0.15) is 5.10 Å². The Balaban J connectivity index is 1.91. The van der Waals surface area contributed by atoms with Crippen LogP contribution in [0.2, 0.25) is 0 Å². The SMILES string of the molecule is CC(C)n1ncc2c1-c1ccccc1OC21CCN(C)CC1.